The van der Waals surface area contributed by atoms with E-state index in [1.165, 1.54) is 18.9 Å². The van der Waals surface area contributed by atoms with E-state index in [-0.39, 0.29) is 29.8 Å². The SMILES string of the molecule is CCCCCNC(=NC)NCc1ccc(F)cc1CSC.I. The number of aliphatic imine (C=N–C) groups is 1. The zero-order chi connectivity index (χ0) is 15.5. The molecule has 0 aromatic heterocycles. The highest BCUT2D eigenvalue weighted by Crippen LogP contribution is 2.16. The molecule has 1 aromatic carbocycles. The van der Waals surface area contributed by atoms with Crippen LogP contribution in [0.25, 0.3) is 0 Å². The molecule has 0 amide bonds. The van der Waals surface area contributed by atoms with Crippen molar-refractivity contribution < 1.29 is 4.39 Å². The van der Waals surface area contributed by atoms with Crippen molar-refractivity contribution in [2.75, 3.05) is 19.8 Å². The topological polar surface area (TPSA) is 36.4 Å². The van der Waals surface area contributed by atoms with Crippen LogP contribution in [0.2, 0.25) is 0 Å². The van der Waals surface area contributed by atoms with Gasteiger partial charge >= 0.3 is 0 Å². The van der Waals surface area contributed by atoms with Crippen LogP contribution in [0.5, 0.6) is 0 Å². The maximum atomic E-state index is 13.3. The van der Waals surface area contributed by atoms with Crippen molar-refractivity contribution in [1.82, 2.24) is 10.6 Å². The van der Waals surface area contributed by atoms with Crippen LogP contribution in [0.15, 0.2) is 23.2 Å². The van der Waals surface area contributed by atoms with Gasteiger partial charge in [-0.15, -0.1) is 24.0 Å². The molecule has 2 N–H and O–H groups in total. The number of benzene rings is 1. The molecular formula is C16H27FIN3S. The van der Waals surface area contributed by atoms with Crippen LogP contribution in [0.1, 0.15) is 37.3 Å². The third kappa shape index (κ3) is 8.22. The van der Waals surface area contributed by atoms with Gasteiger partial charge in [-0.2, -0.15) is 11.8 Å². The number of nitrogens with one attached hydrogen (secondary N) is 2. The number of hydrogen-bond donors (Lipinski definition) is 2. The number of guanidine groups is 1. The minimum absolute atomic E-state index is 0. The molecule has 0 aliphatic heterocycles. The number of nitrogens with zero attached hydrogens (tertiary/aromatic N) is 1. The van der Waals surface area contributed by atoms with Crippen LogP contribution in [0.4, 0.5) is 4.39 Å². The van der Waals surface area contributed by atoms with Gasteiger partial charge in [0.1, 0.15) is 5.82 Å². The Morgan fingerprint density at radius 2 is 2.00 bits per heavy atom. The number of thioether (sulfide) groups is 1. The van der Waals surface area contributed by atoms with Gasteiger partial charge in [0, 0.05) is 25.9 Å². The molecule has 0 saturated carbocycles. The Balaban J connectivity index is 0.00000441. The van der Waals surface area contributed by atoms with Gasteiger partial charge in [-0.05, 0) is 35.9 Å². The molecule has 22 heavy (non-hydrogen) atoms. The Morgan fingerprint density at radius 1 is 1.23 bits per heavy atom. The van der Waals surface area contributed by atoms with E-state index in [2.05, 4.69) is 22.5 Å². The smallest absolute Gasteiger partial charge is 0.191 e. The van der Waals surface area contributed by atoms with Crippen LogP contribution in [0, 0.1) is 5.82 Å². The lowest BCUT2D eigenvalue weighted by Gasteiger charge is -2.14. The van der Waals surface area contributed by atoms with E-state index in [1.54, 1.807) is 24.9 Å². The number of hydrogen-bond acceptors (Lipinski definition) is 2. The summed E-state index contributed by atoms with van der Waals surface area (Å²) < 4.78 is 13.3. The minimum Gasteiger partial charge on any atom is -0.356 e. The second-order valence-electron chi connectivity index (χ2n) is 4.91. The van der Waals surface area contributed by atoms with Crippen LogP contribution in [-0.2, 0) is 12.3 Å². The number of rotatable bonds is 8. The Kier molecular flexibility index (Phi) is 12.7. The fourth-order valence-corrected chi connectivity index (χ4v) is 2.62. The highest BCUT2D eigenvalue weighted by atomic mass is 127. The standard InChI is InChI=1S/C16H26FN3S.HI/c1-4-5-6-9-19-16(18-2)20-11-13-7-8-15(17)10-14(13)12-21-3;/h7-8,10H,4-6,9,11-12H2,1-3H3,(H2,18,19,20);1H. The second kappa shape index (κ2) is 13.0. The van der Waals surface area contributed by atoms with Gasteiger partial charge in [0.25, 0.3) is 0 Å². The van der Waals surface area contributed by atoms with Crippen LogP contribution in [-0.4, -0.2) is 25.8 Å². The molecule has 0 heterocycles. The molecule has 0 atom stereocenters. The predicted octanol–water partition coefficient (Wildman–Crippen LogP) is 4.16. The van der Waals surface area contributed by atoms with E-state index in [9.17, 15) is 4.39 Å². The largest absolute Gasteiger partial charge is 0.356 e. The fraction of sp³-hybridized carbons (Fsp3) is 0.562. The van der Waals surface area contributed by atoms with E-state index >= 15 is 0 Å². The zero-order valence-electron chi connectivity index (χ0n) is 13.6. The first-order valence-corrected chi connectivity index (χ1v) is 8.81. The Bertz CT molecular complexity index is 455. The van der Waals surface area contributed by atoms with E-state index in [0.717, 1.165) is 35.8 Å². The van der Waals surface area contributed by atoms with Crippen molar-refractivity contribution in [3.8, 4) is 0 Å². The van der Waals surface area contributed by atoms with Crippen molar-refractivity contribution in [3.05, 3.63) is 35.1 Å². The van der Waals surface area contributed by atoms with E-state index in [0.29, 0.717) is 6.54 Å². The van der Waals surface area contributed by atoms with Gasteiger partial charge in [0.2, 0.25) is 0 Å². The Morgan fingerprint density at radius 3 is 2.64 bits per heavy atom. The van der Waals surface area contributed by atoms with Crippen LogP contribution < -0.4 is 10.6 Å². The van der Waals surface area contributed by atoms with E-state index < -0.39 is 0 Å². The molecule has 6 heteroatoms. The lowest BCUT2D eigenvalue weighted by Crippen LogP contribution is -2.37. The molecular weight excluding hydrogens is 412 g/mol. The van der Waals surface area contributed by atoms with Crippen LogP contribution >= 0.6 is 35.7 Å². The normalized spacial score (nSPS) is 11.0. The van der Waals surface area contributed by atoms with E-state index in [1.807, 2.05) is 12.3 Å². The van der Waals surface area contributed by atoms with Gasteiger partial charge in [0.05, 0.1) is 0 Å². The van der Waals surface area contributed by atoms with Crippen molar-refractivity contribution in [1.29, 1.82) is 0 Å². The van der Waals surface area contributed by atoms with Gasteiger partial charge in [-0.1, -0.05) is 25.8 Å². The summed E-state index contributed by atoms with van der Waals surface area (Å²) in [5, 5.41) is 6.59. The number of halogens is 2. The molecule has 0 aliphatic carbocycles. The van der Waals surface area contributed by atoms with Gasteiger partial charge in [-0.3, -0.25) is 4.99 Å². The summed E-state index contributed by atoms with van der Waals surface area (Å²) in [7, 11) is 1.77. The van der Waals surface area contributed by atoms with Gasteiger partial charge in [0.15, 0.2) is 5.96 Å². The average molecular weight is 439 g/mol. The summed E-state index contributed by atoms with van der Waals surface area (Å²) in [5.41, 5.74) is 2.15. The quantitative estimate of drug-likeness (QED) is 0.277. The first-order chi connectivity index (χ1) is 10.2. The van der Waals surface area contributed by atoms with Crippen molar-refractivity contribution in [2.24, 2.45) is 4.99 Å². The third-order valence-corrected chi connectivity index (χ3v) is 3.81. The Labute approximate surface area is 155 Å². The minimum atomic E-state index is -0.176. The number of unbranched alkanes of at least 4 members (excludes halogenated alkanes) is 2. The van der Waals surface area contributed by atoms with E-state index in [4.69, 9.17) is 0 Å². The summed E-state index contributed by atoms with van der Waals surface area (Å²) in [4.78, 5) is 4.21. The van der Waals surface area contributed by atoms with Crippen molar-refractivity contribution >= 4 is 41.7 Å². The molecule has 0 radical (unpaired) electrons. The fourth-order valence-electron chi connectivity index (χ4n) is 2.04. The Hall–Kier alpha value is -0.500. The summed E-state index contributed by atoms with van der Waals surface area (Å²) in [6.07, 6.45) is 5.60. The predicted molar refractivity (Wildman–Crippen MR) is 107 cm³/mol. The van der Waals surface area contributed by atoms with Gasteiger partial charge in [-0.25, -0.2) is 4.39 Å². The van der Waals surface area contributed by atoms with Crippen molar-refractivity contribution in [3.63, 3.8) is 0 Å². The average Bonchev–Trinajstić information content (AvgIpc) is 2.48. The highest BCUT2D eigenvalue weighted by Gasteiger charge is 2.05. The summed E-state index contributed by atoms with van der Waals surface area (Å²) in [5.74, 6) is 1.44. The second-order valence-corrected chi connectivity index (χ2v) is 5.77. The summed E-state index contributed by atoms with van der Waals surface area (Å²) in [6, 6.07) is 4.97. The molecule has 126 valence electrons. The summed E-state index contributed by atoms with van der Waals surface area (Å²) in [6.45, 7) is 3.77. The molecule has 0 aliphatic rings. The molecule has 0 unspecified atom stereocenters. The molecule has 0 fully saturated rings. The third-order valence-electron chi connectivity index (χ3n) is 3.21. The lowest BCUT2D eigenvalue weighted by atomic mass is 10.1. The first kappa shape index (κ1) is 21.5. The maximum absolute atomic E-state index is 13.3. The molecule has 3 nitrogen and oxygen atoms in total. The van der Waals surface area contributed by atoms with Crippen LogP contribution in [0.3, 0.4) is 0 Å². The first-order valence-electron chi connectivity index (χ1n) is 7.42. The molecule has 0 spiro atoms. The summed E-state index contributed by atoms with van der Waals surface area (Å²) >= 11 is 1.70. The highest BCUT2D eigenvalue weighted by molar-refractivity contribution is 14.0. The molecule has 1 aromatic rings. The van der Waals surface area contributed by atoms with Crippen molar-refractivity contribution in [2.45, 2.75) is 38.5 Å². The monoisotopic (exact) mass is 439 g/mol. The lowest BCUT2D eigenvalue weighted by molar-refractivity contribution is 0.625. The van der Waals surface area contributed by atoms with Gasteiger partial charge < -0.3 is 10.6 Å². The maximum Gasteiger partial charge on any atom is 0.191 e. The molecule has 1 rings (SSSR count). The molecule has 0 bridgehead atoms. The zero-order valence-corrected chi connectivity index (χ0v) is 16.8. The molecule has 0 saturated heterocycles.